The number of benzene rings is 3. The number of anilines is 2. The molecule has 348 valence electrons. The molecule has 0 saturated heterocycles. The molecule has 0 aliphatic heterocycles. The standard InChI is InChI=1S/C26H21F3N4O5.C18H13BrF3N3O4/c1-30-23(34)16-6-4-15(5-7-16)20-14-31-33-11-10-17(12-21(20)33)24(35)32(2)18-8-9-22(38-26(27,28)29)19(13-18)25(36)37-3;1-24(16(26)10-5-6-25-14(7-10)13(19)9-23-25)11-3-4-15(29-18(20,21)22)12(8-11)17(27)28-2/h4-14H,1-3H3,(H,30,34);3-9H,1-2H3. The minimum Gasteiger partial charge on any atom is -0.465 e. The number of rotatable bonds is 10. The SMILES string of the molecule is CNC(=O)c1ccc(-c2cnn3ccc(C(=O)N(C)c4ccc(OC(F)(F)F)c(C(=O)OC)c4)cc23)cc1.COC(=O)c1cc(N(C)C(=O)c2ccn3ncc(Br)c3c2)ccc1OC(F)(F)F. The maximum absolute atomic E-state index is 13.3. The molecule has 0 bridgehead atoms. The second-order valence-corrected chi connectivity index (χ2v) is 14.7. The van der Waals surface area contributed by atoms with E-state index in [0.29, 0.717) is 32.2 Å². The van der Waals surface area contributed by atoms with Crippen LogP contribution in [0.4, 0.5) is 37.7 Å². The van der Waals surface area contributed by atoms with Gasteiger partial charge in [0.25, 0.3) is 17.7 Å². The average molecular weight is 999 g/mol. The summed E-state index contributed by atoms with van der Waals surface area (Å²) in [7, 11) is 6.43. The van der Waals surface area contributed by atoms with E-state index in [-0.39, 0.29) is 22.8 Å². The van der Waals surface area contributed by atoms with Crippen molar-refractivity contribution in [3.05, 3.63) is 142 Å². The molecule has 23 heteroatoms. The van der Waals surface area contributed by atoms with E-state index in [2.05, 4.69) is 50.4 Å². The number of nitrogens with one attached hydrogen (secondary N) is 1. The van der Waals surface area contributed by atoms with Crippen molar-refractivity contribution < 1.29 is 69.3 Å². The van der Waals surface area contributed by atoms with Crippen molar-refractivity contribution in [3.8, 4) is 22.6 Å². The molecular formula is C44H34BrF6N7O9. The van der Waals surface area contributed by atoms with Crippen LogP contribution in [0, 0.1) is 0 Å². The van der Waals surface area contributed by atoms with Gasteiger partial charge in [-0.25, -0.2) is 18.6 Å². The Morgan fingerprint density at radius 3 is 1.51 bits per heavy atom. The van der Waals surface area contributed by atoms with Crippen LogP contribution in [-0.4, -0.2) is 97.0 Å². The van der Waals surface area contributed by atoms with Crippen LogP contribution in [-0.2, 0) is 9.47 Å². The van der Waals surface area contributed by atoms with Crippen molar-refractivity contribution in [1.82, 2.24) is 24.5 Å². The molecule has 16 nitrogen and oxygen atoms in total. The normalized spacial score (nSPS) is 11.3. The first kappa shape index (κ1) is 48.5. The fourth-order valence-electron chi connectivity index (χ4n) is 6.41. The van der Waals surface area contributed by atoms with Crippen LogP contribution in [0.1, 0.15) is 51.8 Å². The lowest BCUT2D eigenvalue weighted by Gasteiger charge is -2.20. The van der Waals surface area contributed by atoms with E-state index in [1.165, 1.54) is 43.1 Å². The van der Waals surface area contributed by atoms with Gasteiger partial charge in [0.05, 0.1) is 42.1 Å². The maximum atomic E-state index is 13.3. The largest absolute Gasteiger partial charge is 0.573 e. The van der Waals surface area contributed by atoms with Crippen LogP contribution in [0.3, 0.4) is 0 Å². The number of carbonyl (C=O) groups is 5. The fraction of sp³-hybridized carbons (Fsp3) is 0.159. The summed E-state index contributed by atoms with van der Waals surface area (Å²) < 4.78 is 96.7. The molecule has 7 rings (SSSR count). The van der Waals surface area contributed by atoms with Crippen molar-refractivity contribution >= 4 is 68.0 Å². The first-order valence-electron chi connectivity index (χ1n) is 19.1. The van der Waals surface area contributed by atoms with Gasteiger partial charge in [0, 0.05) is 67.2 Å². The molecule has 3 aromatic carbocycles. The van der Waals surface area contributed by atoms with Gasteiger partial charge < -0.3 is 34.1 Å². The summed E-state index contributed by atoms with van der Waals surface area (Å²) in [5, 5.41) is 11.0. The summed E-state index contributed by atoms with van der Waals surface area (Å²) in [6.07, 6.45) is -3.60. The first-order chi connectivity index (χ1) is 31.6. The molecule has 4 heterocycles. The Morgan fingerprint density at radius 1 is 0.612 bits per heavy atom. The van der Waals surface area contributed by atoms with E-state index in [4.69, 9.17) is 0 Å². The maximum Gasteiger partial charge on any atom is 0.573 e. The third kappa shape index (κ3) is 11.1. The van der Waals surface area contributed by atoms with Crippen molar-refractivity contribution in [2.24, 2.45) is 0 Å². The Morgan fingerprint density at radius 2 is 1.06 bits per heavy atom. The lowest BCUT2D eigenvalue weighted by molar-refractivity contribution is -0.275. The molecule has 4 aromatic heterocycles. The number of halogens is 7. The quantitative estimate of drug-likeness (QED) is 0.103. The van der Waals surface area contributed by atoms with E-state index in [0.717, 1.165) is 44.0 Å². The van der Waals surface area contributed by atoms with Crippen molar-refractivity contribution in [1.29, 1.82) is 0 Å². The Bertz CT molecular complexity index is 3030. The smallest absolute Gasteiger partial charge is 0.465 e. The Balaban J connectivity index is 0.000000229. The molecule has 0 saturated carbocycles. The summed E-state index contributed by atoms with van der Waals surface area (Å²) in [5.74, 6) is -4.71. The van der Waals surface area contributed by atoms with E-state index < -0.39 is 59.1 Å². The second-order valence-electron chi connectivity index (χ2n) is 13.9. The topological polar surface area (TPSA) is 175 Å². The number of alkyl halides is 6. The summed E-state index contributed by atoms with van der Waals surface area (Å²) in [6, 6.07) is 19.7. The average Bonchev–Trinajstić information content (AvgIpc) is 3.91. The number of fused-ring (bicyclic) bond motifs is 2. The molecule has 0 atom stereocenters. The molecular weight excluding hydrogens is 964 g/mol. The highest BCUT2D eigenvalue weighted by molar-refractivity contribution is 9.10. The van der Waals surface area contributed by atoms with Gasteiger partial charge in [0.1, 0.15) is 22.6 Å². The van der Waals surface area contributed by atoms with Gasteiger partial charge in [0.2, 0.25) is 0 Å². The Hall–Kier alpha value is -7.95. The third-order valence-electron chi connectivity index (χ3n) is 9.75. The predicted molar refractivity (Wildman–Crippen MR) is 231 cm³/mol. The van der Waals surface area contributed by atoms with Gasteiger partial charge >= 0.3 is 24.7 Å². The van der Waals surface area contributed by atoms with Crippen molar-refractivity contribution in [2.45, 2.75) is 12.7 Å². The number of pyridine rings is 2. The molecule has 0 radical (unpaired) electrons. The Labute approximate surface area is 383 Å². The minimum absolute atomic E-state index is 0.142. The van der Waals surface area contributed by atoms with E-state index >= 15 is 0 Å². The summed E-state index contributed by atoms with van der Waals surface area (Å²) in [5.41, 5.74) is 3.20. The number of methoxy groups -OCH3 is 2. The van der Waals surface area contributed by atoms with Crippen LogP contribution >= 0.6 is 15.9 Å². The van der Waals surface area contributed by atoms with Gasteiger partial charge in [-0.2, -0.15) is 10.2 Å². The lowest BCUT2D eigenvalue weighted by Crippen LogP contribution is -2.27. The number of nitrogens with zero attached hydrogens (tertiary/aromatic N) is 6. The van der Waals surface area contributed by atoms with Gasteiger partial charge in [-0.15, -0.1) is 26.3 Å². The zero-order chi connectivity index (χ0) is 49.0. The van der Waals surface area contributed by atoms with Crippen LogP contribution in [0.25, 0.3) is 22.2 Å². The zero-order valence-corrected chi connectivity index (χ0v) is 37.0. The van der Waals surface area contributed by atoms with E-state index in [1.54, 1.807) is 82.3 Å². The number of ether oxygens (including phenoxy) is 4. The predicted octanol–water partition coefficient (Wildman–Crippen LogP) is 8.38. The molecule has 0 unspecified atom stereocenters. The number of amides is 3. The van der Waals surface area contributed by atoms with E-state index in [1.807, 2.05) is 0 Å². The number of carbonyl (C=O) groups excluding carboxylic acids is 5. The highest BCUT2D eigenvalue weighted by Gasteiger charge is 2.35. The molecule has 0 aliphatic carbocycles. The number of hydrogen-bond acceptors (Lipinski definition) is 11. The fourth-order valence-corrected chi connectivity index (χ4v) is 6.79. The van der Waals surface area contributed by atoms with Gasteiger partial charge in [-0.3, -0.25) is 14.4 Å². The molecule has 0 fully saturated rings. The van der Waals surface area contributed by atoms with Gasteiger partial charge in [-0.1, -0.05) is 12.1 Å². The zero-order valence-electron chi connectivity index (χ0n) is 35.4. The van der Waals surface area contributed by atoms with Crippen LogP contribution in [0.5, 0.6) is 11.5 Å². The van der Waals surface area contributed by atoms with Gasteiger partial charge in [0.15, 0.2) is 0 Å². The first-order valence-corrected chi connectivity index (χ1v) is 19.9. The van der Waals surface area contributed by atoms with Gasteiger partial charge in [-0.05, 0) is 94.3 Å². The Kier molecular flexibility index (Phi) is 14.2. The number of hydrogen-bond donors (Lipinski definition) is 1. The number of aromatic nitrogens is 4. The number of esters is 2. The van der Waals surface area contributed by atoms with Crippen LogP contribution in [0.2, 0.25) is 0 Å². The molecule has 67 heavy (non-hydrogen) atoms. The highest BCUT2D eigenvalue weighted by atomic mass is 79.9. The molecule has 0 aliphatic rings. The highest BCUT2D eigenvalue weighted by Crippen LogP contribution is 2.33. The molecule has 3 amide bonds. The second kappa shape index (κ2) is 19.7. The monoisotopic (exact) mass is 997 g/mol. The van der Waals surface area contributed by atoms with Crippen molar-refractivity contribution in [3.63, 3.8) is 0 Å². The molecule has 1 N–H and O–H groups in total. The van der Waals surface area contributed by atoms with Crippen molar-refractivity contribution in [2.75, 3.05) is 45.2 Å². The summed E-state index contributed by atoms with van der Waals surface area (Å²) in [4.78, 5) is 64.3. The molecule has 0 spiro atoms. The minimum atomic E-state index is -5.02. The van der Waals surface area contributed by atoms with Crippen LogP contribution in [0.15, 0.2) is 114 Å². The van der Waals surface area contributed by atoms with Crippen LogP contribution < -0.4 is 24.6 Å². The summed E-state index contributed by atoms with van der Waals surface area (Å²) in [6.45, 7) is 0. The third-order valence-corrected chi connectivity index (χ3v) is 10.4. The van der Waals surface area contributed by atoms with E-state index in [9.17, 15) is 50.3 Å². The lowest BCUT2D eigenvalue weighted by atomic mass is 10.0. The summed E-state index contributed by atoms with van der Waals surface area (Å²) >= 11 is 3.33. The molecule has 7 aromatic rings.